The summed E-state index contributed by atoms with van der Waals surface area (Å²) in [5.41, 5.74) is 24.0. The van der Waals surface area contributed by atoms with Crippen molar-refractivity contribution in [2.75, 3.05) is 4.90 Å². The average Bonchev–Trinajstić information content (AvgIpc) is 3.83. The fourth-order valence-corrected chi connectivity index (χ4v) is 11.4. The number of fused-ring (bicyclic) bond motifs is 8. The van der Waals surface area contributed by atoms with E-state index < -0.39 is 0 Å². The van der Waals surface area contributed by atoms with Crippen LogP contribution in [0.3, 0.4) is 0 Å². The summed E-state index contributed by atoms with van der Waals surface area (Å²) < 4.78 is 5.26. The number of anilines is 3. The Kier molecular flexibility index (Phi) is 8.95. The van der Waals surface area contributed by atoms with E-state index in [-0.39, 0.29) is 23.1 Å². The number of aryl methyl sites for hydroxylation is 1. The molecule has 2 aliphatic rings. The lowest BCUT2D eigenvalue weighted by Crippen LogP contribution is -2.57. The van der Waals surface area contributed by atoms with Gasteiger partial charge in [-0.15, -0.1) is 0 Å². The van der Waals surface area contributed by atoms with Gasteiger partial charge in [0.25, 0.3) is 0 Å². The Morgan fingerprint density at radius 1 is 0.463 bits per heavy atom. The molecule has 0 spiro atoms. The molecular formula is C63H58BN3. The molecule has 0 N–H and O–H groups in total. The van der Waals surface area contributed by atoms with Crippen molar-refractivity contribution in [3.63, 3.8) is 0 Å². The number of nitrogens with zero attached hydrogens (tertiary/aromatic N) is 3. The molecule has 0 aliphatic carbocycles. The summed E-state index contributed by atoms with van der Waals surface area (Å²) in [6.45, 7) is 23.3. The maximum Gasteiger partial charge on any atom is 0.333 e. The Hall–Kier alpha value is -7.04. The van der Waals surface area contributed by atoms with Gasteiger partial charge in [-0.25, -0.2) is 0 Å². The van der Waals surface area contributed by atoms with Gasteiger partial charge in [-0.05, 0) is 122 Å². The van der Waals surface area contributed by atoms with E-state index in [0.717, 1.165) is 5.69 Å². The number of hydrogen-bond donors (Lipinski definition) is 0. The molecule has 12 rings (SSSR count). The zero-order chi connectivity index (χ0) is 46.3. The molecule has 4 heteroatoms. The molecule has 2 aromatic heterocycles. The van der Waals surface area contributed by atoms with Gasteiger partial charge in [0.15, 0.2) is 0 Å². The molecule has 0 atom stereocenters. The van der Waals surface area contributed by atoms with Crippen LogP contribution in [0.5, 0.6) is 0 Å². The van der Waals surface area contributed by atoms with E-state index in [4.69, 9.17) is 0 Å². The standard InChI is InChI=1S/C63H58BN3/c1-39-21-17-18-26-46(39)59-55(40-22-13-11-14-23-40)50-37-42(62(5,6)7)36-49-48-35-43(63(8,9)10)38-54-57(48)64(67(59)58(49)50)51-33-34-53-56(60(51)66(54)45-31-29-41(30-32-45)61(2,3)4)47-27-19-20-28-52(47)65(53)44-24-15-12-16-25-44/h11-38H,1-10H3. The van der Waals surface area contributed by atoms with Gasteiger partial charge in [-0.3, -0.25) is 0 Å². The zero-order valence-electron chi connectivity index (χ0n) is 40.6. The number of benzene rings is 8. The van der Waals surface area contributed by atoms with Crippen molar-refractivity contribution in [2.24, 2.45) is 0 Å². The first kappa shape index (κ1) is 41.4. The predicted molar refractivity (Wildman–Crippen MR) is 289 cm³/mol. The molecule has 2 aliphatic heterocycles. The predicted octanol–water partition coefficient (Wildman–Crippen LogP) is 15.7. The van der Waals surface area contributed by atoms with E-state index in [1.54, 1.807) is 0 Å². The van der Waals surface area contributed by atoms with Gasteiger partial charge in [-0.1, -0.05) is 178 Å². The van der Waals surface area contributed by atoms with Gasteiger partial charge >= 0.3 is 6.85 Å². The number of para-hydroxylation sites is 2. The first-order chi connectivity index (χ1) is 32.1. The number of hydrogen-bond acceptors (Lipinski definition) is 1. The molecule has 67 heavy (non-hydrogen) atoms. The van der Waals surface area contributed by atoms with Gasteiger partial charge < -0.3 is 13.9 Å². The lowest BCUT2D eigenvalue weighted by Gasteiger charge is -2.42. The monoisotopic (exact) mass is 867 g/mol. The Labute approximate surface area is 396 Å². The van der Waals surface area contributed by atoms with Gasteiger partial charge in [0.1, 0.15) is 0 Å². The SMILES string of the molecule is Cc1ccccc1-c1c(-c2ccccc2)c2cc(C(C)(C)C)cc3c2n1B1c2ccc4c(c2N(c2ccc(C(C)(C)C)cc2)c2cc(C(C)(C)C)cc-3c21)c1ccccc1n4-c1ccccc1. The fraction of sp³-hybridized carbons (Fsp3) is 0.206. The summed E-state index contributed by atoms with van der Waals surface area (Å²) in [6.07, 6.45) is 0. The van der Waals surface area contributed by atoms with E-state index in [1.807, 2.05) is 0 Å². The van der Waals surface area contributed by atoms with Crippen LogP contribution in [0.4, 0.5) is 17.1 Å². The van der Waals surface area contributed by atoms with Crippen LogP contribution in [0, 0.1) is 6.92 Å². The van der Waals surface area contributed by atoms with Gasteiger partial charge in [0.05, 0.1) is 16.7 Å². The average molecular weight is 868 g/mol. The van der Waals surface area contributed by atoms with Crippen molar-refractivity contribution in [3.8, 4) is 39.2 Å². The van der Waals surface area contributed by atoms with Crippen molar-refractivity contribution < 1.29 is 0 Å². The maximum atomic E-state index is 2.78. The van der Waals surface area contributed by atoms with Crippen LogP contribution in [-0.2, 0) is 16.2 Å². The Bertz CT molecular complexity index is 3620. The number of aromatic nitrogens is 2. The van der Waals surface area contributed by atoms with Crippen LogP contribution < -0.4 is 15.8 Å². The van der Waals surface area contributed by atoms with Crippen molar-refractivity contribution in [1.82, 2.24) is 9.05 Å². The summed E-state index contributed by atoms with van der Waals surface area (Å²) in [5, 5.41) is 3.82. The second kappa shape index (κ2) is 14.5. The third-order valence-electron chi connectivity index (χ3n) is 14.9. The minimum Gasteiger partial charge on any atom is -0.375 e. The first-order valence-corrected chi connectivity index (χ1v) is 24.1. The highest BCUT2D eigenvalue weighted by atomic mass is 15.2. The molecule has 0 unspecified atom stereocenters. The van der Waals surface area contributed by atoms with Crippen LogP contribution >= 0.6 is 0 Å². The third kappa shape index (κ3) is 6.18. The Morgan fingerprint density at radius 2 is 1.07 bits per heavy atom. The molecule has 0 amide bonds. The maximum absolute atomic E-state index is 2.78. The highest BCUT2D eigenvalue weighted by Crippen LogP contribution is 2.53. The summed E-state index contributed by atoms with van der Waals surface area (Å²) in [5.74, 6) is 0. The molecule has 3 nitrogen and oxygen atoms in total. The second-order valence-electron chi connectivity index (χ2n) is 22.3. The van der Waals surface area contributed by atoms with E-state index in [9.17, 15) is 0 Å². The second-order valence-corrected chi connectivity index (χ2v) is 22.3. The topological polar surface area (TPSA) is 13.1 Å². The summed E-state index contributed by atoms with van der Waals surface area (Å²) in [4.78, 5) is 2.65. The molecule has 0 saturated heterocycles. The van der Waals surface area contributed by atoms with Crippen LogP contribution in [-0.4, -0.2) is 15.9 Å². The van der Waals surface area contributed by atoms with E-state index >= 15 is 0 Å². The summed E-state index contributed by atoms with van der Waals surface area (Å²) in [6, 6.07) is 64.7. The lowest BCUT2D eigenvalue weighted by molar-refractivity contribution is 0.589. The largest absolute Gasteiger partial charge is 0.375 e. The number of rotatable bonds is 4. The lowest BCUT2D eigenvalue weighted by atomic mass is 9.44. The van der Waals surface area contributed by atoms with Gasteiger partial charge in [-0.2, -0.15) is 0 Å². The fourth-order valence-electron chi connectivity index (χ4n) is 11.4. The molecule has 4 heterocycles. The van der Waals surface area contributed by atoms with Gasteiger partial charge in [0.2, 0.25) is 0 Å². The van der Waals surface area contributed by atoms with Crippen LogP contribution in [0.15, 0.2) is 170 Å². The Balaban J connectivity index is 1.33. The molecule has 328 valence electrons. The Morgan fingerprint density at radius 3 is 1.76 bits per heavy atom. The van der Waals surface area contributed by atoms with Crippen molar-refractivity contribution in [2.45, 2.75) is 85.5 Å². The normalized spacial score (nSPS) is 13.5. The van der Waals surface area contributed by atoms with Gasteiger partial charge in [0, 0.05) is 61.1 Å². The smallest absolute Gasteiger partial charge is 0.333 e. The first-order valence-electron chi connectivity index (χ1n) is 24.1. The van der Waals surface area contributed by atoms with E-state index in [2.05, 4.69) is 253 Å². The third-order valence-corrected chi connectivity index (χ3v) is 14.9. The highest BCUT2D eigenvalue weighted by molar-refractivity contribution is 6.90. The van der Waals surface area contributed by atoms with Crippen molar-refractivity contribution in [3.05, 3.63) is 192 Å². The minimum atomic E-state index is -0.134. The summed E-state index contributed by atoms with van der Waals surface area (Å²) >= 11 is 0. The molecule has 0 saturated carbocycles. The van der Waals surface area contributed by atoms with Crippen LogP contribution in [0.25, 0.3) is 71.9 Å². The van der Waals surface area contributed by atoms with Crippen molar-refractivity contribution >= 4 is 67.5 Å². The molecule has 0 radical (unpaired) electrons. The molecular weight excluding hydrogens is 810 g/mol. The minimum absolute atomic E-state index is 0.0157. The van der Waals surface area contributed by atoms with Crippen LogP contribution in [0.1, 0.15) is 84.6 Å². The molecule has 10 aromatic rings. The highest BCUT2D eigenvalue weighted by Gasteiger charge is 2.46. The zero-order valence-corrected chi connectivity index (χ0v) is 40.6. The van der Waals surface area contributed by atoms with E-state index in [1.165, 1.54) is 116 Å². The summed E-state index contributed by atoms with van der Waals surface area (Å²) in [7, 11) is 0. The van der Waals surface area contributed by atoms with Crippen molar-refractivity contribution in [1.29, 1.82) is 0 Å². The molecule has 0 bridgehead atoms. The quantitative estimate of drug-likeness (QED) is 0.161. The van der Waals surface area contributed by atoms with Crippen LogP contribution in [0.2, 0.25) is 0 Å². The van der Waals surface area contributed by atoms with E-state index in [0.29, 0.717) is 0 Å². The molecule has 0 fully saturated rings. The molecule has 8 aromatic carbocycles.